The van der Waals surface area contributed by atoms with E-state index in [1.54, 1.807) is 0 Å². The van der Waals surface area contributed by atoms with Crippen LogP contribution in [0.2, 0.25) is 0 Å². The number of alkyl halides is 1. The van der Waals surface area contributed by atoms with Crippen LogP contribution in [0.5, 0.6) is 0 Å². The van der Waals surface area contributed by atoms with Gasteiger partial charge in [0.1, 0.15) is 5.92 Å². The molecule has 2 atom stereocenters. The van der Waals surface area contributed by atoms with Crippen molar-refractivity contribution in [1.29, 1.82) is 10.5 Å². The molecule has 0 aliphatic carbocycles. The molecule has 0 aliphatic heterocycles. The lowest BCUT2D eigenvalue weighted by atomic mass is 9.90. The second-order valence-electron chi connectivity index (χ2n) is 2.49. The molecular formula is C8H11BrN2. The molecule has 60 valence electrons. The quantitative estimate of drug-likeness (QED) is 0.679. The van der Waals surface area contributed by atoms with Crippen LogP contribution in [0.4, 0.5) is 0 Å². The molecule has 0 rings (SSSR count). The summed E-state index contributed by atoms with van der Waals surface area (Å²) in [5, 5.41) is 17.2. The fourth-order valence-corrected chi connectivity index (χ4v) is 1.73. The van der Waals surface area contributed by atoms with Crippen LogP contribution in [0.1, 0.15) is 20.3 Å². The molecule has 2 unspecified atom stereocenters. The molecule has 0 bridgehead atoms. The minimum atomic E-state index is -0.477. The van der Waals surface area contributed by atoms with E-state index in [-0.39, 0.29) is 10.7 Å². The van der Waals surface area contributed by atoms with Crippen LogP contribution in [0.15, 0.2) is 0 Å². The van der Waals surface area contributed by atoms with Crippen molar-refractivity contribution in [3.63, 3.8) is 0 Å². The molecule has 0 spiro atoms. The summed E-state index contributed by atoms with van der Waals surface area (Å²) in [7, 11) is 0. The van der Waals surface area contributed by atoms with E-state index in [2.05, 4.69) is 15.9 Å². The van der Waals surface area contributed by atoms with Gasteiger partial charge in [0.25, 0.3) is 0 Å². The van der Waals surface area contributed by atoms with Crippen LogP contribution in [0.25, 0.3) is 0 Å². The molecule has 0 saturated heterocycles. The van der Waals surface area contributed by atoms with Crippen LogP contribution in [-0.2, 0) is 0 Å². The van der Waals surface area contributed by atoms with Gasteiger partial charge in [-0.3, -0.25) is 0 Å². The maximum atomic E-state index is 8.58. The third-order valence-electron chi connectivity index (χ3n) is 1.77. The predicted molar refractivity (Wildman–Crippen MR) is 46.9 cm³/mol. The molecule has 0 saturated carbocycles. The molecule has 0 heterocycles. The van der Waals surface area contributed by atoms with E-state index in [9.17, 15) is 0 Å². The normalized spacial score (nSPS) is 15.1. The second-order valence-corrected chi connectivity index (χ2v) is 3.93. The summed E-state index contributed by atoms with van der Waals surface area (Å²) in [6.07, 6.45) is 0.859. The number of rotatable bonds is 3. The molecule has 3 heteroatoms. The van der Waals surface area contributed by atoms with Crippen molar-refractivity contribution < 1.29 is 0 Å². The lowest BCUT2D eigenvalue weighted by Crippen LogP contribution is -2.18. The smallest absolute Gasteiger partial charge is 0.137 e. The molecule has 0 radical (unpaired) electrons. The minimum Gasteiger partial charge on any atom is -0.197 e. The van der Waals surface area contributed by atoms with Gasteiger partial charge in [-0.1, -0.05) is 29.8 Å². The Morgan fingerprint density at radius 3 is 1.91 bits per heavy atom. The first-order chi connectivity index (χ1) is 5.17. The lowest BCUT2D eigenvalue weighted by molar-refractivity contribution is 0.454. The largest absolute Gasteiger partial charge is 0.197 e. The van der Waals surface area contributed by atoms with Crippen molar-refractivity contribution in [1.82, 2.24) is 0 Å². The van der Waals surface area contributed by atoms with Crippen LogP contribution in [0, 0.1) is 34.5 Å². The van der Waals surface area contributed by atoms with E-state index < -0.39 is 5.92 Å². The van der Waals surface area contributed by atoms with Crippen molar-refractivity contribution in [3.05, 3.63) is 0 Å². The summed E-state index contributed by atoms with van der Waals surface area (Å²) in [5.74, 6) is -0.334. The Kier molecular flexibility index (Phi) is 4.90. The third kappa shape index (κ3) is 2.91. The number of halogens is 1. The average Bonchev–Trinajstić information content (AvgIpc) is 1.99. The fourth-order valence-electron chi connectivity index (χ4n) is 1.05. The van der Waals surface area contributed by atoms with Gasteiger partial charge < -0.3 is 0 Å². The molecule has 0 aromatic heterocycles. The highest BCUT2D eigenvalue weighted by Crippen LogP contribution is 2.23. The van der Waals surface area contributed by atoms with Crippen LogP contribution >= 0.6 is 15.9 Å². The molecule has 11 heavy (non-hydrogen) atoms. The molecular weight excluding hydrogens is 204 g/mol. The maximum absolute atomic E-state index is 8.58. The van der Waals surface area contributed by atoms with Gasteiger partial charge in [0.05, 0.1) is 12.1 Å². The highest BCUT2D eigenvalue weighted by Gasteiger charge is 2.22. The van der Waals surface area contributed by atoms with Gasteiger partial charge in [0.15, 0.2) is 0 Å². The van der Waals surface area contributed by atoms with Crippen molar-refractivity contribution in [2.24, 2.45) is 11.8 Å². The highest BCUT2D eigenvalue weighted by molar-refractivity contribution is 9.09. The van der Waals surface area contributed by atoms with Crippen molar-refractivity contribution >= 4 is 15.9 Å². The van der Waals surface area contributed by atoms with Crippen LogP contribution < -0.4 is 0 Å². The molecule has 0 aromatic rings. The number of nitriles is 2. The number of hydrogen-bond acceptors (Lipinski definition) is 2. The highest BCUT2D eigenvalue weighted by atomic mass is 79.9. The van der Waals surface area contributed by atoms with Gasteiger partial charge in [-0.25, -0.2) is 0 Å². The molecule has 0 aliphatic rings. The summed E-state index contributed by atoms with van der Waals surface area (Å²) >= 11 is 3.38. The summed E-state index contributed by atoms with van der Waals surface area (Å²) in [5.41, 5.74) is 0. The second kappa shape index (κ2) is 5.16. The third-order valence-corrected chi connectivity index (χ3v) is 2.45. The Morgan fingerprint density at radius 2 is 1.82 bits per heavy atom. The first-order valence-electron chi connectivity index (χ1n) is 3.60. The van der Waals surface area contributed by atoms with Crippen LogP contribution in [0.3, 0.4) is 0 Å². The zero-order valence-electron chi connectivity index (χ0n) is 6.71. The monoisotopic (exact) mass is 214 g/mol. The zero-order valence-corrected chi connectivity index (χ0v) is 8.30. The molecule has 2 nitrogen and oxygen atoms in total. The van der Waals surface area contributed by atoms with E-state index in [4.69, 9.17) is 10.5 Å². The minimum absolute atomic E-state index is 0.144. The van der Waals surface area contributed by atoms with Gasteiger partial charge in [-0.2, -0.15) is 10.5 Å². The van der Waals surface area contributed by atoms with Crippen molar-refractivity contribution in [2.75, 3.05) is 0 Å². The lowest BCUT2D eigenvalue weighted by Gasteiger charge is -2.17. The van der Waals surface area contributed by atoms with E-state index in [0.717, 1.165) is 6.42 Å². The molecule has 0 N–H and O–H groups in total. The molecule has 0 fully saturated rings. The van der Waals surface area contributed by atoms with Crippen molar-refractivity contribution in [2.45, 2.75) is 25.1 Å². The Bertz CT molecular complexity index is 173. The van der Waals surface area contributed by atoms with Gasteiger partial charge in [-0.15, -0.1) is 0 Å². The zero-order chi connectivity index (χ0) is 8.85. The van der Waals surface area contributed by atoms with E-state index >= 15 is 0 Å². The fraction of sp³-hybridized carbons (Fsp3) is 0.750. The van der Waals surface area contributed by atoms with Crippen LogP contribution in [-0.4, -0.2) is 4.83 Å². The standard InChI is InChI=1S/C8H11BrN2/c1-3-8(6(2)9)7(4-10)5-11/h6-8H,3H2,1-2H3. The Morgan fingerprint density at radius 1 is 1.36 bits per heavy atom. The summed E-state index contributed by atoms with van der Waals surface area (Å²) < 4.78 is 0. The Labute approximate surface area is 75.9 Å². The summed E-state index contributed by atoms with van der Waals surface area (Å²) in [6, 6.07) is 3.99. The first kappa shape index (κ1) is 10.5. The molecule has 0 aromatic carbocycles. The number of hydrogen-bond donors (Lipinski definition) is 0. The topological polar surface area (TPSA) is 47.6 Å². The van der Waals surface area contributed by atoms with E-state index in [0.29, 0.717) is 0 Å². The van der Waals surface area contributed by atoms with Gasteiger partial charge in [-0.05, 0) is 12.3 Å². The summed E-state index contributed by atoms with van der Waals surface area (Å²) in [6.45, 7) is 3.96. The predicted octanol–water partition coefficient (Wildman–Crippen LogP) is 2.46. The summed E-state index contributed by atoms with van der Waals surface area (Å²) in [4.78, 5) is 0.233. The maximum Gasteiger partial charge on any atom is 0.137 e. The Hall–Kier alpha value is -0.540. The van der Waals surface area contributed by atoms with E-state index in [1.165, 1.54) is 0 Å². The molecule has 0 amide bonds. The Balaban J connectivity index is 4.27. The average molecular weight is 215 g/mol. The van der Waals surface area contributed by atoms with Crippen molar-refractivity contribution in [3.8, 4) is 12.1 Å². The van der Waals surface area contributed by atoms with Gasteiger partial charge >= 0.3 is 0 Å². The SMILES string of the molecule is CCC(C(C)Br)C(C#N)C#N. The number of nitrogens with zero attached hydrogens (tertiary/aromatic N) is 2. The van der Waals surface area contributed by atoms with Gasteiger partial charge in [0, 0.05) is 4.83 Å². The van der Waals surface area contributed by atoms with E-state index in [1.807, 2.05) is 26.0 Å². The first-order valence-corrected chi connectivity index (χ1v) is 4.52. The van der Waals surface area contributed by atoms with Gasteiger partial charge in [0.2, 0.25) is 0 Å².